The van der Waals surface area contributed by atoms with Crippen LogP contribution in [0.15, 0.2) is 59.6 Å². The molecule has 1 fully saturated rings. The molecule has 0 radical (unpaired) electrons. The number of rotatable bonds is 3. The fraction of sp³-hybridized carbons (Fsp3) is 0.238. The van der Waals surface area contributed by atoms with Crippen molar-refractivity contribution in [1.82, 2.24) is 4.98 Å². The summed E-state index contributed by atoms with van der Waals surface area (Å²) in [5.74, 6) is 0.984. The van der Waals surface area contributed by atoms with E-state index in [2.05, 4.69) is 47.1 Å². The highest BCUT2D eigenvalue weighted by Gasteiger charge is 2.16. The second-order valence-corrected chi connectivity index (χ2v) is 6.29. The molecule has 4 rings (SSSR count). The lowest BCUT2D eigenvalue weighted by atomic mass is 10.1. The lowest BCUT2D eigenvalue weighted by Crippen LogP contribution is -2.37. The molecule has 1 saturated heterocycles. The molecule has 0 atom stereocenters. The second kappa shape index (κ2) is 7.03. The van der Waals surface area contributed by atoms with E-state index in [1.807, 2.05) is 30.5 Å². The average Bonchev–Trinajstić information content (AvgIpc) is 2.67. The molecule has 0 spiro atoms. The van der Waals surface area contributed by atoms with Crippen molar-refractivity contribution < 1.29 is 4.74 Å². The highest BCUT2D eigenvalue weighted by Crippen LogP contribution is 2.24. The summed E-state index contributed by atoms with van der Waals surface area (Å²) in [7, 11) is 0. The molecule has 3 aromatic rings. The minimum Gasteiger partial charge on any atom is -0.378 e. The number of aryl methyl sites for hydroxylation is 1. The smallest absolute Gasteiger partial charge is 0.138 e. The van der Waals surface area contributed by atoms with Gasteiger partial charge in [0.25, 0.3) is 0 Å². The van der Waals surface area contributed by atoms with Crippen molar-refractivity contribution in [2.24, 2.45) is 4.99 Å². The molecule has 0 amide bonds. The van der Waals surface area contributed by atoms with E-state index in [1.54, 1.807) is 0 Å². The van der Waals surface area contributed by atoms with E-state index in [0.29, 0.717) is 0 Å². The Hall–Kier alpha value is -2.72. The summed E-state index contributed by atoms with van der Waals surface area (Å²) in [6, 6.07) is 18.6. The Kier molecular flexibility index (Phi) is 4.44. The third kappa shape index (κ3) is 3.54. The van der Waals surface area contributed by atoms with Gasteiger partial charge in [0, 0.05) is 30.3 Å². The van der Waals surface area contributed by atoms with Crippen LogP contribution in [0.3, 0.4) is 0 Å². The number of fused-ring (bicyclic) bond motifs is 1. The number of ether oxygens (including phenoxy) is 1. The predicted octanol–water partition coefficient (Wildman–Crippen LogP) is 4.13. The first-order chi connectivity index (χ1) is 12.3. The molecule has 4 heteroatoms. The number of pyridine rings is 1. The summed E-state index contributed by atoms with van der Waals surface area (Å²) in [4.78, 5) is 11.8. The predicted molar refractivity (Wildman–Crippen MR) is 103 cm³/mol. The SMILES string of the molecule is Cc1ccc(N=Cc2cc3ccccc3nc2N2CCOCC2)cc1. The number of aromatic nitrogens is 1. The van der Waals surface area contributed by atoms with Crippen LogP contribution in [0.5, 0.6) is 0 Å². The number of hydrogen-bond donors (Lipinski definition) is 0. The van der Waals surface area contributed by atoms with E-state index in [0.717, 1.165) is 54.3 Å². The first kappa shape index (κ1) is 15.8. The Morgan fingerprint density at radius 2 is 1.80 bits per heavy atom. The molecule has 1 aromatic heterocycles. The van der Waals surface area contributed by atoms with E-state index in [4.69, 9.17) is 9.72 Å². The number of nitrogens with zero attached hydrogens (tertiary/aromatic N) is 3. The van der Waals surface area contributed by atoms with Gasteiger partial charge in [-0.15, -0.1) is 0 Å². The molecule has 4 nitrogen and oxygen atoms in total. The van der Waals surface area contributed by atoms with Gasteiger partial charge < -0.3 is 9.64 Å². The molecular formula is C21H21N3O. The Bertz CT molecular complexity index is 897. The van der Waals surface area contributed by atoms with Gasteiger partial charge in [0.1, 0.15) is 5.82 Å². The zero-order valence-corrected chi connectivity index (χ0v) is 14.4. The van der Waals surface area contributed by atoms with Gasteiger partial charge in [-0.25, -0.2) is 4.98 Å². The highest BCUT2D eigenvalue weighted by atomic mass is 16.5. The molecule has 126 valence electrons. The normalized spacial score (nSPS) is 15.2. The standard InChI is InChI=1S/C21H21N3O/c1-16-6-8-19(9-7-16)22-15-18-14-17-4-2-3-5-20(17)23-21(18)24-10-12-25-13-11-24/h2-9,14-15H,10-13H2,1H3. The van der Waals surface area contributed by atoms with Crippen LogP contribution in [0, 0.1) is 6.92 Å². The van der Waals surface area contributed by atoms with Gasteiger partial charge in [0.15, 0.2) is 0 Å². The summed E-state index contributed by atoms with van der Waals surface area (Å²) in [5.41, 5.74) is 4.24. The van der Waals surface area contributed by atoms with Crippen LogP contribution < -0.4 is 4.90 Å². The molecule has 1 aliphatic rings. The van der Waals surface area contributed by atoms with Gasteiger partial charge in [-0.05, 0) is 31.2 Å². The van der Waals surface area contributed by atoms with Gasteiger partial charge in [0.2, 0.25) is 0 Å². The lowest BCUT2D eigenvalue weighted by Gasteiger charge is -2.29. The largest absolute Gasteiger partial charge is 0.378 e. The van der Waals surface area contributed by atoms with Crippen molar-refractivity contribution in [2.45, 2.75) is 6.92 Å². The van der Waals surface area contributed by atoms with Crippen LogP contribution in [0.25, 0.3) is 10.9 Å². The number of benzene rings is 2. The van der Waals surface area contributed by atoms with E-state index < -0.39 is 0 Å². The van der Waals surface area contributed by atoms with Crippen LogP contribution in [-0.2, 0) is 4.74 Å². The monoisotopic (exact) mass is 331 g/mol. The summed E-state index contributed by atoms with van der Waals surface area (Å²) in [5, 5.41) is 1.13. The number of anilines is 1. The molecule has 0 N–H and O–H groups in total. The van der Waals surface area contributed by atoms with Gasteiger partial charge >= 0.3 is 0 Å². The topological polar surface area (TPSA) is 37.7 Å². The molecule has 2 aromatic carbocycles. The van der Waals surface area contributed by atoms with Crippen molar-refractivity contribution in [3.63, 3.8) is 0 Å². The molecule has 0 aliphatic carbocycles. The maximum atomic E-state index is 5.49. The molecular weight excluding hydrogens is 310 g/mol. The zero-order chi connectivity index (χ0) is 17.1. The Balaban J connectivity index is 1.75. The quantitative estimate of drug-likeness (QED) is 0.677. The number of hydrogen-bond acceptors (Lipinski definition) is 4. The summed E-state index contributed by atoms with van der Waals surface area (Å²) in [6.45, 7) is 5.27. The van der Waals surface area contributed by atoms with E-state index in [1.165, 1.54) is 5.56 Å². The van der Waals surface area contributed by atoms with Crippen molar-refractivity contribution in [3.8, 4) is 0 Å². The van der Waals surface area contributed by atoms with Crippen molar-refractivity contribution in [2.75, 3.05) is 31.2 Å². The summed E-state index contributed by atoms with van der Waals surface area (Å²) >= 11 is 0. The van der Waals surface area contributed by atoms with Crippen molar-refractivity contribution in [3.05, 3.63) is 65.7 Å². The van der Waals surface area contributed by atoms with Crippen LogP contribution in [0.2, 0.25) is 0 Å². The van der Waals surface area contributed by atoms with Crippen molar-refractivity contribution in [1.29, 1.82) is 0 Å². The summed E-state index contributed by atoms with van der Waals surface area (Å²) < 4.78 is 5.49. The van der Waals surface area contributed by atoms with Crippen LogP contribution in [0.1, 0.15) is 11.1 Å². The van der Waals surface area contributed by atoms with E-state index >= 15 is 0 Å². The van der Waals surface area contributed by atoms with E-state index in [-0.39, 0.29) is 0 Å². The highest BCUT2D eigenvalue weighted by molar-refractivity contribution is 5.94. The lowest BCUT2D eigenvalue weighted by molar-refractivity contribution is 0.122. The van der Waals surface area contributed by atoms with Crippen LogP contribution in [0.4, 0.5) is 11.5 Å². The van der Waals surface area contributed by atoms with Crippen LogP contribution >= 0.6 is 0 Å². The van der Waals surface area contributed by atoms with Crippen LogP contribution in [-0.4, -0.2) is 37.5 Å². The maximum absolute atomic E-state index is 5.49. The molecule has 1 aliphatic heterocycles. The molecule has 0 saturated carbocycles. The number of morpholine rings is 1. The third-order valence-electron chi connectivity index (χ3n) is 4.43. The fourth-order valence-electron chi connectivity index (χ4n) is 3.02. The van der Waals surface area contributed by atoms with Crippen molar-refractivity contribution >= 4 is 28.6 Å². The first-order valence-electron chi connectivity index (χ1n) is 8.63. The Morgan fingerprint density at radius 3 is 2.60 bits per heavy atom. The molecule has 25 heavy (non-hydrogen) atoms. The van der Waals surface area contributed by atoms with E-state index in [9.17, 15) is 0 Å². The first-order valence-corrected chi connectivity index (χ1v) is 8.63. The fourth-order valence-corrected chi connectivity index (χ4v) is 3.02. The van der Waals surface area contributed by atoms with Gasteiger partial charge in [-0.2, -0.15) is 0 Å². The number of aliphatic imine (C=N–C) groups is 1. The Morgan fingerprint density at radius 1 is 1.04 bits per heavy atom. The molecule has 2 heterocycles. The van der Waals surface area contributed by atoms with Gasteiger partial charge in [-0.1, -0.05) is 35.9 Å². The molecule has 0 bridgehead atoms. The Labute approximate surface area is 147 Å². The third-order valence-corrected chi connectivity index (χ3v) is 4.43. The number of para-hydroxylation sites is 1. The average molecular weight is 331 g/mol. The summed E-state index contributed by atoms with van der Waals surface area (Å²) in [6.07, 6.45) is 1.93. The minimum atomic E-state index is 0.739. The maximum Gasteiger partial charge on any atom is 0.138 e. The minimum absolute atomic E-state index is 0.739. The zero-order valence-electron chi connectivity index (χ0n) is 14.4. The molecule has 0 unspecified atom stereocenters. The van der Waals surface area contributed by atoms with Gasteiger partial charge in [0.05, 0.1) is 24.4 Å². The second-order valence-electron chi connectivity index (χ2n) is 6.29. The van der Waals surface area contributed by atoms with Gasteiger partial charge in [-0.3, -0.25) is 4.99 Å².